The Balaban J connectivity index is 2.60. The lowest BCUT2D eigenvalue weighted by atomic mass is 9.99. The molecule has 0 saturated carbocycles. The molecule has 0 aliphatic carbocycles. The van der Waals surface area contributed by atoms with Crippen LogP contribution in [0.1, 0.15) is 31.1 Å². The van der Waals surface area contributed by atoms with Gasteiger partial charge in [-0.05, 0) is 32.4 Å². The van der Waals surface area contributed by atoms with Crippen LogP contribution in [0, 0.1) is 0 Å². The lowest BCUT2D eigenvalue weighted by Gasteiger charge is -2.17. The van der Waals surface area contributed by atoms with E-state index >= 15 is 0 Å². The molecule has 0 aliphatic rings. The van der Waals surface area contributed by atoms with Crippen molar-refractivity contribution >= 4 is 5.78 Å². The minimum Gasteiger partial charge on any atom is -0.490 e. The minimum atomic E-state index is 0.0217. The first-order valence-electron chi connectivity index (χ1n) is 6.45. The zero-order valence-electron chi connectivity index (χ0n) is 11.5. The molecule has 2 aromatic carbocycles. The van der Waals surface area contributed by atoms with Crippen molar-refractivity contribution < 1.29 is 9.53 Å². The lowest BCUT2D eigenvalue weighted by molar-refractivity contribution is 0.101. The Kier molecular flexibility index (Phi) is 4.00. The minimum absolute atomic E-state index is 0.0217. The van der Waals surface area contributed by atoms with Crippen molar-refractivity contribution in [3.05, 3.63) is 54.1 Å². The Morgan fingerprint density at radius 1 is 1.00 bits per heavy atom. The van der Waals surface area contributed by atoms with Crippen molar-refractivity contribution in [2.45, 2.75) is 26.9 Å². The molecule has 0 N–H and O–H groups in total. The first-order valence-corrected chi connectivity index (χ1v) is 6.45. The summed E-state index contributed by atoms with van der Waals surface area (Å²) >= 11 is 0. The Hall–Kier alpha value is -2.09. The number of hydrogen-bond donors (Lipinski definition) is 0. The highest BCUT2D eigenvalue weighted by atomic mass is 16.5. The molecule has 2 aromatic rings. The van der Waals surface area contributed by atoms with Crippen LogP contribution in [-0.2, 0) is 0 Å². The fourth-order valence-electron chi connectivity index (χ4n) is 2.02. The van der Waals surface area contributed by atoms with Gasteiger partial charge < -0.3 is 4.74 Å². The molecule has 0 radical (unpaired) electrons. The monoisotopic (exact) mass is 254 g/mol. The van der Waals surface area contributed by atoms with Gasteiger partial charge >= 0.3 is 0 Å². The van der Waals surface area contributed by atoms with E-state index in [1.54, 1.807) is 6.92 Å². The van der Waals surface area contributed by atoms with Gasteiger partial charge in [0.05, 0.1) is 11.7 Å². The number of ether oxygens (including phenoxy) is 1. The molecule has 19 heavy (non-hydrogen) atoms. The number of carbonyl (C=O) groups excluding carboxylic acids is 1. The zero-order chi connectivity index (χ0) is 13.8. The highest BCUT2D eigenvalue weighted by molar-refractivity contribution is 5.99. The average molecular weight is 254 g/mol. The summed E-state index contributed by atoms with van der Waals surface area (Å²) in [6.07, 6.45) is 0.0305. The van der Waals surface area contributed by atoms with Crippen LogP contribution in [0.15, 0.2) is 48.5 Å². The second kappa shape index (κ2) is 5.70. The first kappa shape index (κ1) is 13.3. The van der Waals surface area contributed by atoms with E-state index in [0.717, 1.165) is 11.1 Å². The van der Waals surface area contributed by atoms with Gasteiger partial charge in [0.2, 0.25) is 0 Å². The molecular formula is C17H18O2. The summed E-state index contributed by atoms with van der Waals surface area (Å²) in [5.74, 6) is 0.699. The fourth-order valence-corrected chi connectivity index (χ4v) is 2.02. The molecular weight excluding hydrogens is 236 g/mol. The Morgan fingerprint density at radius 3 is 2.26 bits per heavy atom. The van der Waals surface area contributed by atoms with Crippen LogP contribution in [0.2, 0.25) is 0 Å². The second-order valence-electron chi connectivity index (χ2n) is 4.77. The number of benzene rings is 2. The predicted octanol–water partition coefficient (Wildman–Crippen LogP) is 4.34. The van der Waals surface area contributed by atoms with Crippen molar-refractivity contribution in [3.8, 4) is 16.9 Å². The molecule has 2 rings (SSSR count). The highest BCUT2D eigenvalue weighted by Gasteiger charge is 2.15. The molecule has 0 aliphatic heterocycles. The molecule has 0 atom stereocenters. The van der Waals surface area contributed by atoms with E-state index in [2.05, 4.69) is 0 Å². The van der Waals surface area contributed by atoms with Crippen molar-refractivity contribution in [2.24, 2.45) is 0 Å². The summed E-state index contributed by atoms with van der Waals surface area (Å²) in [5, 5.41) is 0. The van der Waals surface area contributed by atoms with Gasteiger partial charge in [-0.25, -0.2) is 0 Å². The van der Waals surface area contributed by atoms with Crippen LogP contribution in [0.3, 0.4) is 0 Å². The van der Waals surface area contributed by atoms with Crippen LogP contribution in [0.4, 0.5) is 0 Å². The number of carbonyl (C=O) groups is 1. The molecule has 0 amide bonds. The molecule has 0 spiro atoms. The maximum absolute atomic E-state index is 11.8. The van der Waals surface area contributed by atoms with Crippen LogP contribution < -0.4 is 4.74 Å². The number of ketones is 1. The van der Waals surface area contributed by atoms with Crippen LogP contribution in [0.5, 0.6) is 5.75 Å². The van der Waals surface area contributed by atoms with Gasteiger partial charge in [0.1, 0.15) is 5.75 Å². The van der Waals surface area contributed by atoms with Gasteiger partial charge in [0, 0.05) is 5.56 Å². The summed E-state index contributed by atoms with van der Waals surface area (Å²) in [4.78, 5) is 11.8. The van der Waals surface area contributed by atoms with Gasteiger partial charge in [-0.3, -0.25) is 4.79 Å². The molecule has 0 saturated heterocycles. The molecule has 0 aromatic heterocycles. The van der Waals surface area contributed by atoms with E-state index in [9.17, 15) is 4.79 Å². The van der Waals surface area contributed by atoms with Crippen molar-refractivity contribution in [1.29, 1.82) is 0 Å². The van der Waals surface area contributed by atoms with Crippen molar-refractivity contribution in [3.63, 3.8) is 0 Å². The van der Waals surface area contributed by atoms with Gasteiger partial charge in [-0.2, -0.15) is 0 Å². The van der Waals surface area contributed by atoms with Crippen LogP contribution in [0.25, 0.3) is 11.1 Å². The average Bonchev–Trinajstić information content (AvgIpc) is 2.39. The summed E-state index contributed by atoms with van der Waals surface area (Å²) < 4.78 is 5.87. The van der Waals surface area contributed by atoms with E-state index in [-0.39, 0.29) is 11.9 Å². The quantitative estimate of drug-likeness (QED) is 0.758. The normalized spacial score (nSPS) is 10.5. The molecule has 2 nitrogen and oxygen atoms in total. The molecule has 0 fully saturated rings. The Labute approximate surface area is 114 Å². The van der Waals surface area contributed by atoms with Crippen LogP contribution >= 0.6 is 0 Å². The van der Waals surface area contributed by atoms with Crippen molar-refractivity contribution in [2.75, 3.05) is 0 Å². The van der Waals surface area contributed by atoms with Gasteiger partial charge in [-0.15, -0.1) is 0 Å². The lowest BCUT2D eigenvalue weighted by Crippen LogP contribution is -2.10. The number of para-hydroxylation sites is 1. The number of hydrogen-bond acceptors (Lipinski definition) is 2. The summed E-state index contributed by atoms with van der Waals surface area (Å²) in [5.41, 5.74) is 2.65. The smallest absolute Gasteiger partial charge is 0.163 e. The van der Waals surface area contributed by atoms with Crippen molar-refractivity contribution in [1.82, 2.24) is 0 Å². The Morgan fingerprint density at radius 2 is 1.68 bits per heavy atom. The maximum Gasteiger partial charge on any atom is 0.163 e. The predicted molar refractivity (Wildman–Crippen MR) is 77.6 cm³/mol. The standard InChI is InChI=1S/C17H18O2/c1-12(2)19-17-15(13(3)18)10-7-11-16(17)14-8-5-4-6-9-14/h4-12H,1-3H3. The topological polar surface area (TPSA) is 26.3 Å². The number of rotatable bonds is 4. The van der Waals surface area contributed by atoms with Gasteiger partial charge in [0.15, 0.2) is 5.78 Å². The molecule has 0 heterocycles. The summed E-state index contributed by atoms with van der Waals surface area (Å²) in [7, 11) is 0. The molecule has 98 valence electrons. The van der Waals surface area contributed by atoms with E-state index < -0.39 is 0 Å². The third kappa shape index (κ3) is 3.02. The van der Waals surface area contributed by atoms with E-state index in [0.29, 0.717) is 11.3 Å². The molecule has 0 bridgehead atoms. The van der Waals surface area contributed by atoms with Gasteiger partial charge in [-0.1, -0.05) is 42.5 Å². The summed E-state index contributed by atoms with van der Waals surface area (Å²) in [6.45, 7) is 5.49. The second-order valence-corrected chi connectivity index (χ2v) is 4.77. The SMILES string of the molecule is CC(=O)c1cccc(-c2ccccc2)c1OC(C)C. The van der Waals surface area contributed by atoms with E-state index in [4.69, 9.17) is 4.74 Å². The van der Waals surface area contributed by atoms with E-state index in [1.807, 2.05) is 62.4 Å². The molecule has 2 heteroatoms. The van der Waals surface area contributed by atoms with Crippen LogP contribution in [-0.4, -0.2) is 11.9 Å². The van der Waals surface area contributed by atoms with Gasteiger partial charge in [0.25, 0.3) is 0 Å². The largest absolute Gasteiger partial charge is 0.490 e. The number of Topliss-reactive ketones (excluding diaryl/α,β-unsaturated/α-hetero) is 1. The zero-order valence-corrected chi connectivity index (χ0v) is 11.5. The summed E-state index contributed by atoms with van der Waals surface area (Å²) in [6, 6.07) is 15.7. The maximum atomic E-state index is 11.8. The third-order valence-corrected chi connectivity index (χ3v) is 2.83. The third-order valence-electron chi connectivity index (χ3n) is 2.83. The fraction of sp³-hybridized carbons (Fsp3) is 0.235. The Bertz CT molecular complexity index is 571. The van der Waals surface area contributed by atoms with E-state index in [1.165, 1.54) is 0 Å². The first-order chi connectivity index (χ1) is 9.09. The highest BCUT2D eigenvalue weighted by Crippen LogP contribution is 2.34. The molecule has 0 unspecified atom stereocenters.